The minimum Gasteiger partial charge on any atom is -0.480 e. The number of likely N-dealkylation sites (tertiary alicyclic amines) is 1. The Morgan fingerprint density at radius 2 is 1.52 bits per heavy atom. The highest BCUT2D eigenvalue weighted by Gasteiger charge is 2.27. The molecule has 11 nitrogen and oxygen atoms in total. The van der Waals surface area contributed by atoms with E-state index in [1.54, 1.807) is 24.4 Å². The zero-order valence-electron chi connectivity index (χ0n) is 26.5. The van der Waals surface area contributed by atoms with Gasteiger partial charge in [-0.05, 0) is 6.42 Å². The number of β-amino-alcohol motifs (C(OH)–C–C–N with tert-alkyl or cyclic N) is 1. The largest absolute Gasteiger partial charge is 0.480 e. The molecule has 1 amide bonds. The Kier molecular flexibility index (Phi) is 10.7. The van der Waals surface area contributed by atoms with E-state index in [0.717, 1.165) is 6.42 Å². The molecular weight excluding hydrogens is 660 g/mol. The molecule has 0 unspecified atom stereocenters. The summed E-state index contributed by atoms with van der Waals surface area (Å²) in [6.07, 6.45) is 2.91. The molecule has 0 spiro atoms. The number of aliphatic hydroxyl groups excluding tert-OH is 1. The molecule has 2 aromatic heterocycles. The van der Waals surface area contributed by atoms with Crippen molar-refractivity contribution < 1.29 is 23.8 Å². The fraction of sp³-hybridized carbons (Fsp3) is 0.382. The van der Waals surface area contributed by atoms with Gasteiger partial charge in [0.05, 0.1) is 54.2 Å². The van der Waals surface area contributed by atoms with Crippen LogP contribution in [0.25, 0.3) is 33.6 Å². The summed E-state index contributed by atoms with van der Waals surface area (Å²) in [6, 6.07) is 11.3. The van der Waals surface area contributed by atoms with Crippen LogP contribution in [0.1, 0.15) is 30.7 Å². The SMILES string of the molecule is COc1nc(-c2cccc(-c3cccc(-c4cnc(CN5C[C@H](O)C[C@@H](F)C5)c(OC)n4)c3Cl)c2Cl)cnc1CNC[C@@H]1CCC(=O)N1. The van der Waals surface area contributed by atoms with Crippen LogP contribution in [0.15, 0.2) is 48.8 Å². The molecular formula is C34H36Cl2FN7O4. The fourth-order valence-corrected chi connectivity index (χ4v) is 6.77. The van der Waals surface area contributed by atoms with Crippen molar-refractivity contribution in [2.75, 3.05) is 33.9 Å². The van der Waals surface area contributed by atoms with Gasteiger partial charge < -0.3 is 25.2 Å². The van der Waals surface area contributed by atoms with Gasteiger partial charge in [-0.2, -0.15) is 0 Å². The number of alkyl halides is 1. The quantitative estimate of drug-likeness (QED) is 0.200. The smallest absolute Gasteiger partial charge is 0.237 e. The van der Waals surface area contributed by atoms with Crippen LogP contribution in [0.2, 0.25) is 10.0 Å². The molecule has 3 atom stereocenters. The fourth-order valence-electron chi connectivity index (χ4n) is 6.12. The molecule has 6 rings (SSSR count). The highest BCUT2D eigenvalue weighted by Crippen LogP contribution is 2.42. The van der Waals surface area contributed by atoms with Crippen LogP contribution < -0.4 is 20.1 Å². The standard InChI is InChI=1S/C34H36Cl2FN7O4/c1-47-33-28(13-38-12-20-9-10-30(46)41-20)39-14-26(42-33)24-7-3-5-22(31(24)35)23-6-4-8-25(32(23)36)27-15-40-29(34(43-27)48-2)18-44-16-19(37)11-21(45)17-44/h3-8,14-15,19-21,38,45H,9-13,16-18H2,1-2H3,(H,41,46)/t19-,20+,21-/m1/s1. The Morgan fingerprint density at radius 3 is 2.08 bits per heavy atom. The van der Waals surface area contributed by atoms with Crippen molar-refractivity contribution in [1.82, 2.24) is 35.5 Å². The van der Waals surface area contributed by atoms with Gasteiger partial charge in [0, 0.05) is 73.9 Å². The summed E-state index contributed by atoms with van der Waals surface area (Å²) < 4.78 is 25.2. The first kappa shape index (κ1) is 33.9. The number of ether oxygens (including phenoxy) is 2. The number of piperidine rings is 1. The Labute approximate surface area is 287 Å². The van der Waals surface area contributed by atoms with E-state index < -0.39 is 12.3 Å². The monoisotopic (exact) mass is 695 g/mol. The number of nitrogens with zero attached hydrogens (tertiary/aromatic N) is 5. The molecule has 2 saturated heterocycles. The van der Waals surface area contributed by atoms with Crippen LogP contribution in [-0.2, 0) is 17.9 Å². The van der Waals surface area contributed by atoms with E-state index in [1.165, 1.54) is 7.11 Å². The van der Waals surface area contributed by atoms with Gasteiger partial charge in [0.2, 0.25) is 17.7 Å². The Morgan fingerprint density at radius 1 is 0.938 bits per heavy atom. The van der Waals surface area contributed by atoms with Gasteiger partial charge in [-0.3, -0.25) is 19.7 Å². The van der Waals surface area contributed by atoms with Gasteiger partial charge in [0.1, 0.15) is 17.6 Å². The molecule has 2 aliphatic heterocycles. The maximum atomic E-state index is 14.1. The van der Waals surface area contributed by atoms with Crippen molar-refractivity contribution in [3.8, 4) is 45.4 Å². The van der Waals surface area contributed by atoms with Crippen LogP contribution in [0, 0.1) is 0 Å². The first-order valence-electron chi connectivity index (χ1n) is 15.7. The van der Waals surface area contributed by atoms with E-state index in [-0.39, 0.29) is 31.5 Å². The third-order valence-corrected chi connectivity index (χ3v) is 9.26. The molecule has 14 heteroatoms. The number of carbonyl (C=O) groups is 1. The highest BCUT2D eigenvalue weighted by molar-refractivity contribution is 6.39. The molecule has 2 aliphatic rings. The van der Waals surface area contributed by atoms with Crippen LogP contribution >= 0.6 is 23.2 Å². The van der Waals surface area contributed by atoms with E-state index in [0.29, 0.717) is 92.9 Å². The molecule has 0 saturated carbocycles. The predicted octanol–water partition coefficient (Wildman–Crippen LogP) is 4.86. The van der Waals surface area contributed by atoms with Gasteiger partial charge in [-0.15, -0.1) is 0 Å². The third kappa shape index (κ3) is 7.53. The number of methoxy groups -OCH3 is 2. The molecule has 0 aliphatic carbocycles. The van der Waals surface area contributed by atoms with Crippen LogP contribution in [0.3, 0.4) is 0 Å². The van der Waals surface area contributed by atoms with Gasteiger partial charge in [0.25, 0.3) is 0 Å². The lowest BCUT2D eigenvalue weighted by atomic mass is 9.98. The van der Waals surface area contributed by atoms with Crippen molar-refractivity contribution in [3.63, 3.8) is 0 Å². The lowest BCUT2D eigenvalue weighted by molar-refractivity contribution is -0.119. The van der Waals surface area contributed by atoms with Gasteiger partial charge in [-0.25, -0.2) is 14.4 Å². The van der Waals surface area contributed by atoms with E-state index in [2.05, 4.69) is 25.6 Å². The van der Waals surface area contributed by atoms with Crippen molar-refractivity contribution in [3.05, 3.63) is 70.2 Å². The average molecular weight is 697 g/mol. The number of aliphatic hydroxyl groups is 1. The molecule has 0 bridgehead atoms. The second-order valence-electron chi connectivity index (χ2n) is 11.9. The summed E-state index contributed by atoms with van der Waals surface area (Å²) in [4.78, 5) is 31.9. The van der Waals surface area contributed by atoms with E-state index >= 15 is 0 Å². The molecule has 4 heterocycles. The first-order valence-corrected chi connectivity index (χ1v) is 16.4. The second kappa shape index (κ2) is 15.1. The van der Waals surface area contributed by atoms with Crippen molar-refractivity contribution in [1.29, 1.82) is 0 Å². The molecule has 4 aromatic rings. The Hall–Kier alpha value is -3.94. The number of hydrogen-bond donors (Lipinski definition) is 3. The minimum atomic E-state index is -1.10. The number of nitrogens with one attached hydrogen (secondary N) is 2. The van der Waals surface area contributed by atoms with E-state index in [1.807, 2.05) is 36.4 Å². The highest BCUT2D eigenvalue weighted by atomic mass is 35.5. The summed E-state index contributed by atoms with van der Waals surface area (Å²) >= 11 is 14.0. The van der Waals surface area contributed by atoms with E-state index in [4.69, 9.17) is 37.7 Å². The van der Waals surface area contributed by atoms with Crippen LogP contribution in [0.5, 0.6) is 11.8 Å². The van der Waals surface area contributed by atoms with E-state index in [9.17, 15) is 14.3 Å². The molecule has 2 aromatic carbocycles. The summed E-state index contributed by atoms with van der Waals surface area (Å²) in [5.74, 6) is 0.735. The molecule has 3 N–H and O–H groups in total. The minimum absolute atomic E-state index is 0.0731. The van der Waals surface area contributed by atoms with Crippen LogP contribution in [-0.4, -0.2) is 88.0 Å². The lowest BCUT2D eigenvalue weighted by Gasteiger charge is -2.32. The topological polar surface area (TPSA) is 135 Å². The number of hydrogen-bond acceptors (Lipinski definition) is 10. The normalized spacial score (nSPS) is 19.7. The number of benzene rings is 2. The molecule has 48 heavy (non-hydrogen) atoms. The van der Waals surface area contributed by atoms with Crippen LogP contribution in [0.4, 0.5) is 4.39 Å². The number of aromatic nitrogens is 4. The first-order chi connectivity index (χ1) is 23.2. The Balaban J connectivity index is 1.24. The van der Waals surface area contributed by atoms with Gasteiger partial charge in [-0.1, -0.05) is 59.6 Å². The number of carbonyl (C=O) groups excluding carboxylic acids is 1. The molecule has 0 radical (unpaired) electrons. The van der Waals surface area contributed by atoms with Gasteiger partial charge in [0.15, 0.2) is 0 Å². The Bertz CT molecular complexity index is 1790. The molecule has 252 valence electrons. The van der Waals surface area contributed by atoms with Gasteiger partial charge >= 0.3 is 0 Å². The average Bonchev–Trinajstić information content (AvgIpc) is 3.49. The number of rotatable bonds is 11. The molecule has 2 fully saturated rings. The maximum absolute atomic E-state index is 14.1. The third-order valence-electron chi connectivity index (χ3n) is 8.44. The summed E-state index contributed by atoms with van der Waals surface area (Å²) in [6.45, 7) is 1.89. The van der Waals surface area contributed by atoms with Crippen molar-refractivity contribution in [2.24, 2.45) is 0 Å². The number of halogens is 3. The lowest BCUT2D eigenvalue weighted by Crippen LogP contribution is -2.43. The van der Waals surface area contributed by atoms with Crippen molar-refractivity contribution in [2.45, 2.75) is 50.7 Å². The number of amides is 1. The zero-order valence-corrected chi connectivity index (χ0v) is 28.1. The van der Waals surface area contributed by atoms with Crippen molar-refractivity contribution >= 4 is 29.1 Å². The summed E-state index contributed by atoms with van der Waals surface area (Å²) in [5, 5.41) is 17.1. The summed E-state index contributed by atoms with van der Waals surface area (Å²) in [5.41, 5.74) is 4.84. The predicted molar refractivity (Wildman–Crippen MR) is 181 cm³/mol. The summed E-state index contributed by atoms with van der Waals surface area (Å²) in [7, 11) is 3.04. The zero-order chi connectivity index (χ0) is 33.8. The maximum Gasteiger partial charge on any atom is 0.237 e. The second-order valence-corrected chi connectivity index (χ2v) is 12.6.